The van der Waals surface area contributed by atoms with Crippen LogP contribution in [0.5, 0.6) is 0 Å². The van der Waals surface area contributed by atoms with E-state index >= 15 is 0 Å². The van der Waals surface area contributed by atoms with Crippen LogP contribution < -0.4 is 0 Å². The van der Waals surface area contributed by atoms with Crippen LogP contribution in [0.25, 0.3) is 0 Å². The summed E-state index contributed by atoms with van der Waals surface area (Å²) < 4.78 is 18.9. The summed E-state index contributed by atoms with van der Waals surface area (Å²) in [4.78, 5) is 0. The van der Waals surface area contributed by atoms with E-state index in [1.807, 2.05) is 0 Å². The Kier molecular flexibility index (Phi) is 5.95. The maximum atomic E-state index is 12.9. The summed E-state index contributed by atoms with van der Waals surface area (Å²) in [7, 11) is 0. The highest BCUT2D eigenvalue weighted by atomic mass is 19.1. The number of ether oxygens (including phenoxy) is 1. The maximum Gasteiger partial charge on any atom is 0.196 e. The fraction of sp³-hybridized carbons (Fsp3) is 0.500. The summed E-state index contributed by atoms with van der Waals surface area (Å²) in [5.74, 6) is -0.469. The third kappa shape index (κ3) is 4.99. The van der Waals surface area contributed by atoms with Crippen LogP contribution in [0.15, 0.2) is 36.2 Å². The van der Waals surface area contributed by atoms with Gasteiger partial charge in [0.05, 0.1) is 12.7 Å². The van der Waals surface area contributed by atoms with Crippen molar-refractivity contribution in [2.75, 3.05) is 0 Å². The average molecular weight is 287 g/mol. The van der Waals surface area contributed by atoms with E-state index in [-0.39, 0.29) is 12.0 Å². The predicted molar refractivity (Wildman–Crippen MR) is 81.2 cm³/mol. The molecule has 0 spiro atoms. The molecule has 0 heterocycles. The van der Waals surface area contributed by atoms with Crippen LogP contribution >= 0.6 is 0 Å². The molecule has 0 atom stereocenters. The second-order valence-electron chi connectivity index (χ2n) is 5.64. The molecule has 3 heteroatoms. The van der Waals surface area contributed by atoms with E-state index in [0.717, 1.165) is 32.1 Å². The van der Waals surface area contributed by atoms with Crippen molar-refractivity contribution in [2.24, 2.45) is 5.92 Å². The number of hydrogen-bond acceptors (Lipinski definition) is 2. The molecule has 2 nitrogen and oxygen atoms in total. The molecule has 112 valence electrons. The van der Waals surface area contributed by atoms with E-state index in [1.54, 1.807) is 6.07 Å². The standard InChI is InChI=1S/C18H22FNO/c1-2-14-3-5-16(6-4-14)13-21-18-9-7-15(8-10-18)11-17(19)12-20/h3-6,11,15,18H,2,7-10,13H2,1H3/b17-11+. The highest BCUT2D eigenvalue weighted by Gasteiger charge is 2.20. The lowest BCUT2D eigenvalue weighted by molar-refractivity contribution is 0.0109. The molecule has 1 saturated carbocycles. The number of nitriles is 1. The van der Waals surface area contributed by atoms with Crippen LogP contribution in [0.3, 0.4) is 0 Å². The summed E-state index contributed by atoms with van der Waals surface area (Å²) in [5.41, 5.74) is 2.54. The smallest absolute Gasteiger partial charge is 0.196 e. The number of rotatable bonds is 5. The molecule has 0 unspecified atom stereocenters. The molecule has 1 aromatic carbocycles. The van der Waals surface area contributed by atoms with Gasteiger partial charge in [-0.1, -0.05) is 31.2 Å². The topological polar surface area (TPSA) is 33.0 Å². The SMILES string of the molecule is CCc1ccc(COC2CCC(/C=C(/F)C#N)CC2)cc1. The van der Waals surface area contributed by atoms with Gasteiger partial charge in [0.15, 0.2) is 5.83 Å². The Balaban J connectivity index is 1.75. The Hall–Kier alpha value is -1.66. The van der Waals surface area contributed by atoms with Crippen LogP contribution in [0.2, 0.25) is 0 Å². The summed E-state index contributed by atoms with van der Waals surface area (Å²) >= 11 is 0. The molecule has 1 aliphatic carbocycles. The van der Waals surface area contributed by atoms with Crippen LogP contribution in [0, 0.1) is 17.2 Å². The zero-order valence-corrected chi connectivity index (χ0v) is 12.5. The van der Waals surface area contributed by atoms with Crippen LogP contribution in [-0.2, 0) is 17.8 Å². The number of aryl methyl sites for hydroxylation is 1. The van der Waals surface area contributed by atoms with Crippen molar-refractivity contribution >= 4 is 0 Å². The van der Waals surface area contributed by atoms with Crippen molar-refractivity contribution in [2.45, 2.75) is 51.7 Å². The fourth-order valence-electron chi connectivity index (χ4n) is 2.75. The average Bonchev–Trinajstić information content (AvgIpc) is 2.54. The van der Waals surface area contributed by atoms with E-state index in [1.165, 1.54) is 17.2 Å². The van der Waals surface area contributed by atoms with E-state index in [9.17, 15) is 4.39 Å². The quantitative estimate of drug-likeness (QED) is 0.735. The number of nitrogens with zero attached hydrogens (tertiary/aromatic N) is 1. The van der Waals surface area contributed by atoms with E-state index in [2.05, 4.69) is 31.2 Å². The Labute approximate surface area is 126 Å². The monoisotopic (exact) mass is 287 g/mol. The van der Waals surface area contributed by atoms with Crippen LogP contribution in [0.1, 0.15) is 43.7 Å². The molecule has 1 aliphatic rings. The van der Waals surface area contributed by atoms with Gasteiger partial charge in [0, 0.05) is 0 Å². The van der Waals surface area contributed by atoms with Gasteiger partial charge in [-0.2, -0.15) is 9.65 Å². The summed E-state index contributed by atoms with van der Waals surface area (Å²) in [6, 6.07) is 10.1. The van der Waals surface area contributed by atoms with Crippen molar-refractivity contribution in [3.63, 3.8) is 0 Å². The van der Waals surface area contributed by atoms with Crippen molar-refractivity contribution in [1.82, 2.24) is 0 Å². The van der Waals surface area contributed by atoms with Gasteiger partial charge in [0.1, 0.15) is 6.07 Å². The first kappa shape index (κ1) is 15.7. The summed E-state index contributed by atoms with van der Waals surface area (Å²) in [6.07, 6.45) is 6.44. The lowest BCUT2D eigenvalue weighted by atomic mass is 9.87. The summed E-state index contributed by atoms with van der Waals surface area (Å²) in [5, 5.41) is 8.45. The number of allylic oxidation sites excluding steroid dienone is 2. The second-order valence-corrected chi connectivity index (χ2v) is 5.64. The lowest BCUT2D eigenvalue weighted by Gasteiger charge is -2.26. The molecule has 0 bridgehead atoms. The molecule has 0 aromatic heterocycles. The predicted octanol–water partition coefficient (Wildman–Crippen LogP) is 4.70. The molecular formula is C18H22FNO. The Bertz CT molecular complexity index is 507. The van der Waals surface area contributed by atoms with Crippen LogP contribution in [-0.4, -0.2) is 6.10 Å². The molecule has 2 rings (SSSR count). The third-order valence-electron chi connectivity index (χ3n) is 4.12. The van der Waals surface area contributed by atoms with Gasteiger partial charge in [0.2, 0.25) is 0 Å². The minimum Gasteiger partial charge on any atom is -0.374 e. The highest BCUT2D eigenvalue weighted by molar-refractivity contribution is 5.21. The maximum absolute atomic E-state index is 12.9. The minimum absolute atomic E-state index is 0.188. The van der Waals surface area contributed by atoms with Gasteiger partial charge < -0.3 is 4.74 Å². The highest BCUT2D eigenvalue weighted by Crippen LogP contribution is 2.28. The molecule has 0 radical (unpaired) electrons. The van der Waals surface area contributed by atoms with Gasteiger partial charge in [-0.3, -0.25) is 0 Å². The molecular weight excluding hydrogens is 265 g/mol. The Morgan fingerprint density at radius 2 is 1.86 bits per heavy atom. The van der Waals surface area contributed by atoms with Gasteiger partial charge >= 0.3 is 0 Å². The van der Waals surface area contributed by atoms with Gasteiger partial charge in [0.25, 0.3) is 0 Å². The molecule has 0 aliphatic heterocycles. The van der Waals surface area contributed by atoms with Crippen LogP contribution in [0.4, 0.5) is 4.39 Å². The Morgan fingerprint density at radius 3 is 2.43 bits per heavy atom. The lowest BCUT2D eigenvalue weighted by Crippen LogP contribution is -2.20. The molecule has 1 fully saturated rings. The molecule has 1 aromatic rings. The van der Waals surface area contributed by atoms with Crippen molar-refractivity contribution in [3.8, 4) is 6.07 Å². The number of benzene rings is 1. The molecule has 0 N–H and O–H groups in total. The first-order valence-electron chi connectivity index (χ1n) is 7.68. The number of halogens is 1. The molecule has 21 heavy (non-hydrogen) atoms. The summed E-state index contributed by atoms with van der Waals surface area (Å²) in [6.45, 7) is 2.79. The number of hydrogen-bond donors (Lipinski definition) is 0. The third-order valence-corrected chi connectivity index (χ3v) is 4.12. The van der Waals surface area contributed by atoms with Gasteiger partial charge in [-0.25, -0.2) is 0 Å². The second kappa shape index (κ2) is 7.95. The van der Waals surface area contributed by atoms with Gasteiger partial charge in [-0.15, -0.1) is 0 Å². The Morgan fingerprint density at radius 1 is 1.24 bits per heavy atom. The zero-order valence-electron chi connectivity index (χ0n) is 12.5. The fourth-order valence-corrected chi connectivity index (χ4v) is 2.75. The van der Waals surface area contributed by atoms with E-state index in [4.69, 9.17) is 10.00 Å². The molecule has 0 amide bonds. The van der Waals surface area contributed by atoms with Crippen molar-refractivity contribution in [3.05, 3.63) is 47.3 Å². The van der Waals surface area contributed by atoms with E-state index in [0.29, 0.717) is 6.61 Å². The van der Waals surface area contributed by atoms with Crippen molar-refractivity contribution < 1.29 is 9.13 Å². The zero-order chi connectivity index (χ0) is 15.1. The largest absolute Gasteiger partial charge is 0.374 e. The normalized spacial score (nSPS) is 22.8. The first-order valence-corrected chi connectivity index (χ1v) is 7.68. The van der Waals surface area contributed by atoms with E-state index < -0.39 is 5.83 Å². The molecule has 0 saturated heterocycles. The van der Waals surface area contributed by atoms with Crippen molar-refractivity contribution in [1.29, 1.82) is 5.26 Å². The van der Waals surface area contributed by atoms with Gasteiger partial charge in [-0.05, 0) is 55.2 Å². The minimum atomic E-state index is -0.657. The first-order chi connectivity index (χ1) is 10.2.